The Morgan fingerprint density at radius 2 is 2.57 bits per heavy atom. The molecule has 0 aliphatic rings. The number of hydrogen-bond donors (Lipinski definition) is 0. The second kappa shape index (κ2) is 1.39. The van der Waals surface area contributed by atoms with Crippen molar-refractivity contribution in [3.63, 3.8) is 0 Å². The zero-order chi connectivity index (χ0) is 5.11. The minimum Gasteiger partial charge on any atom is -0.222 e. The average molecular weight is 94.1 g/mol. The fraction of sp³-hybridized carbons (Fsp3) is 0. The van der Waals surface area contributed by atoms with Crippen LogP contribution in [0.1, 0.15) is 0 Å². The third-order valence-corrected chi connectivity index (χ3v) is 0.521. The van der Waals surface area contributed by atoms with Gasteiger partial charge >= 0.3 is 0 Å². The highest BCUT2D eigenvalue weighted by molar-refractivity contribution is 4.73. The molecule has 0 spiro atoms. The van der Waals surface area contributed by atoms with Gasteiger partial charge in [-0.3, -0.25) is 0 Å². The van der Waals surface area contributed by atoms with Crippen LogP contribution < -0.4 is 0 Å². The van der Waals surface area contributed by atoms with Crippen molar-refractivity contribution >= 4 is 0 Å². The van der Waals surface area contributed by atoms with Gasteiger partial charge in [-0.15, -0.1) is 5.10 Å². The molecule has 0 atom stereocenters. The van der Waals surface area contributed by atoms with Crippen molar-refractivity contribution in [3.05, 3.63) is 12.7 Å². The monoisotopic (exact) mass is 94.0 g/mol. The molecule has 34 valence electrons. The second-order valence-electron chi connectivity index (χ2n) is 0.940. The molecule has 0 aliphatic carbocycles. The lowest BCUT2D eigenvalue weighted by molar-refractivity contribution is 0.896. The average Bonchev–Trinajstić information content (AvgIpc) is 2.14. The van der Waals surface area contributed by atoms with Gasteiger partial charge in [-0.25, -0.2) is 4.98 Å². The molecule has 0 unspecified atom stereocenters. The van der Waals surface area contributed by atoms with Crippen LogP contribution in [0, 0.1) is 11.5 Å². The molecule has 0 aliphatic heterocycles. The summed E-state index contributed by atoms with van der Waals surface area (Å²) in [5.74, 6) is 0. The van der Waals surface area contributed by atoms with E-state index in [2.05, 4.69) is 10.1 Å². The van der Waals surface area contributed by atoms with Crippen LogP contribution in [0.25, 0.3) is 0 Å². The summed E-state index contributed by atoms with van der Waals surface area (Å²) < 4.78 is 1.07. The molecule has 0 aromatic carbocycles. The molecule has 0 amide bonds. The van der Waals surface area contributed by atoms with E-state index in [0.717, 1.165) is 4.68 Å². The first kappa shape index (κ1) is 3.81. The molecule has 0 saturated heterocycles. The lowest BCUT2D eigenvalue weighted by Crippen LogP contribution is -1.84. The molecule has 4 heteroatoms. The molecule has 1 aromatic heterocycles. The minimum absolute atomic E-state index is 1.07. The standard InChI is InChI=1S/C3H2N4/c4-1-7-3-5-2-6-7/h2-3H. The van der Waals surface area contributed by atoms with E-state index in [1.165, 1.54) is 12.7 Å². The van der Waals surface area contributed by atoms with Crippen molar-refractivity contribution in [2.75, 3.05) is 0 Å². The Bertz CT molecular complexity index is 169. The third kappa shape index (κ3) is 0.550. The van der Waals surface area contributed by atoms with Gasteiger partial charge in [-0.1, -0.05) is 0 Å². The Morgan fingerprint density at radius 3 is 2.86 bits per heavy atom. The molecule has 0 radical (unpaired) electrons. The second-order valence-corrected chi connectivity index (χ2v) is 0.940. The van der Waals surface area contributed by atoms with E-state index in [4.69, 9.17) is 5.26 Å². The molecular formula is C3H2N4. The Morgan fingerprint density at radius 1 is 1.71 bits per heavy atom. The van der Waals surface area contributed by atoms with E-state index >= 15 is 0 Å². The molecule has 0 saturated carbocycles. The molecule has 7 heavy (non-hydrogen) atoms. The molecule has 0 fully saturated rings. The summed E-state index contributed by atoms with van der Waals surface area (Å²) >= 11 is 0. The van der Waals surface area contributed by atoms with Gasteiger partial charge in [-0.2, -0.15) is 9.94 Å². The van der Waals surface area contributed by atoms with Gasteiger partial charge in [0.05, 0.1) is 0 Å². The van der Waals surface area contributed by atoms with E-state index in [0.29, 0.717) is 0 Å². The van der Waals surface area contributed by atoms with Crippen LogP contribution >= 0.6 is 0 Å². The topological polar surface area (TPSA) is 54.5 Å². The van der Waals surface area contributed by atoms with Crippen molar-refractivity contribution in [1.29, 1.82) is 5.26 Å². The number of aromatic nitrogens is 3. The Hall–Kier alpha value is -1.37. The highest BCUT2D eigenvalue weighted by Gasteiger charge is 1.78. The van der Waals surface area contributed by atoms with Gasteiger partial charge in [0.1, 0.15) is 12.7 Å². The van der Waals surface area contributed by atoms with Crippen molar-refractivity contribution in [2.45, 2.75) is 0 Å². The number of hydrogen-bond acceptors (Lipinski definition) is 3. The highest BCUT2D eigenvalue weighted by atomic mass is 15.3. The normalized spacial score (nSPS) is 7.86. The Kier molecular flexibility index (Phi) is 0.755. The molecule has 1 aromatic rings. The highest BCUT2D eigenvalue weighted by Crippen LogP contribution is 1.68. The van der Waals surface area contributed by atoms with Crippen LogP contribution in [0.5, 0.6) is 0 Å². The number of nitrogens with zero attached hydrogens (tertiary/aromatic N) is 4. The van der Waals surface area contributed by atoms with Crippen molar-refractivity contribution < 1.29 is 0 Å². The molecule has 0 N–H and O–H groups in total. The van der Waals surface area contributed by atoms with E-state index in [9.17, 15) is 0 Å². The Balaban J connectivity index is 3.04. The summed E-state index contributed by atoms with van der Waals surface area (Å²) in [6.45, 7) is 0. The van der Waals surface area contributed by atoms with Crippen LogP contribution in [-0.4, -0.2) is 14.8 Å². The maximum absolute atomic E-state index is 8.04. The minimum atomic E-state index is 1.07. The smallest absolute Gasteiger partial charge is 0.207 e. The summed E-state index contributed by atoms with van der Waals surface area (Å²) in [7, 11) is 0. The maximum Gasteiger partial charge on any atom is 0.207 e. The fourth-order valence-electron chi connectivity index (χ4n) is 0.260. The summed E-state index contributed by atoms with van der Waals surface area (Å²) in [5.41, 5.74) is 0. The van der Waals surface area contributed by atoms with Gasteiger partial charge in [0.15, 0.2) is 0 Å². The quantitative estimate of drug-likeness (QED) is 0.439. The molecular weight excluding hydrogens is 92.1 g/mol. The zero-order valence-electron chi connectivity index (χ0n) is 3.44. The van der Waals surface area contributed by atoms with Crippen molar-refractivity contribution in [3.8, 4) is 6.19 Å². The SMILES string of the molecule is N#Cn1cncn1. The predicted molar refractivity (Wildman–Crippen MR) is 21.0 cm³/mol. The zero-order valence-corrected chi connectivity index (χ0v) is 3.44. The van der Waals surface area contributed by atoms with Gasteiger partial charge in [-0.05, 0) is 0 Å². The van der Waals surface area contributed by atoms with Gasteiger partial charge in [0, 0.05) is 0 Å². The lowest BCUT2D eigenvalue weighted by atomic mass is 11.2. The van der Waals surface area contributed by atoms with E-state index in [1.54, 1.807) is 6.19 Å². The summed E-state index contributed by atoms with van der Waals surface area (Å²) in [6.07, 6.45) is 4.39. The van der Waals surface area contributed by atoms with Crippen LogP contribution in [0.2, 0.25) is 0 Å². The molecule has 4 nitrogen and oxygen atoms in total. The van der Waals surface area contributed by atoms with Crippen LogP contribution in [0.15, 0.2) is 12.7 Å². The number of nitriles is 1. The first-order valence-corrected chi connectivity index (χ1v) is 1.68. The molecule has 0 bridgehead atoms. The summed E-state index contributed by atoms with van der Waals surface area (Å²) in [6, 6.07) is 0. The maximum atomic E-state index is 8.04. The van der Waals surface area contributed by atoms with Crippen molar-refractivity contribution in [2.24, 2.45) is 0 Å². The molecule has 1 rings (SSSR count). The van der Waals surface area contributed by atoms with E-state index < -0.39 is 0 Å². The summed E-state index contributed by atoms with van der Waals surface area (Å²) in [5, 5.41) is 11.5. The third-order valence-electron chi connectivity index (χ3n) is 0.521. The van der Waals surface area contributed by atoms with E-state index in [-0.39, 0.29) is 0 Å². The van der Waals surface area contributed by atoms with Gasteiger partial charge in [0.25, 0.3) is 0 Å². The Labute approximate surface area is 40.0 Å². The first-order valence-electron chi connectivity index (χ1n) is 1.68. The van der Waals surface area contributed by atoms with Gasteiger partial charge in [0.2, 0.25) is 6.19 Å². The largest absolute Gasteiger partial charge is 0.222 e. The number of rotatable bonds is 0. The first-order chi connectivity index (χ1) is 3.43. The summed E-state index contributed by atoms with van der Waals surface area (Å²) in [4.78, 5) is 3.52. The van der Waals surface area contributed by atoms with Crippen LogP contribution in [0.3, 0.4) is 0 Å². The van der Waals surface area contributed by atoms with Crippen LogP contribution in [0.4, 0.5) is 0 Å². The van der Waals surface area contributed by atoms with Gasteiger partial charge < -0.3 is 0 Å². The predicted octanol–water partition coefficient (Wildman–Crippen LogP) is -0.393. The van der Waals surface area contributed by atoms with E-state index in [1.807, 2.05) is 0 Å². The molecule has 1 heterocycles. The fourth-order valence-corrected chi connectivity index (χ4v) is 0.260. The van der Waals surface area contributed by atoms with Crippen LogP contribution in [-0.2, 0) is 0 Å². The van der Waals surface area contributed by atoms with Crippen molar-refractivity contribution in [1.82, 2.24) is 14.8 Å². The lowest BCUT2D eigenvalue weighted by Gasteiger charge is -1.69.